The fraction of sp³-hybridized carbons (Fsp3) is 0.786. The molecule has 3 heteroatoms. The van der Waals surface area contributed by atoms with Crippen molar-refractivity contribution in [3.05, 3.63) is 18.0 Å². The van der Waals surface area contributed by atoms with E-state index in [4.69, 9.17) is 11.6 Å². The van der Waals surface area contributed by atoms with Gasteiger partial charge in [-0.3, -0.25) is 4.68 Å². The van der Waals surface area contributed by atoms with Crippen LogP contribution in [0.1, 0.15) is 51.5 Å². The third-order valence-corrected chi connectivity index (χ3v) is 4.36. The highest BCUT2D eigenvalue weighted by Crippen LogP contribution is 2.35. The van der Waals surface area contributed by atoms with Crippen molar-refractivity contribution >= 4 is 11.6 Å². The number of nitrogens with zero attached hydrogens (tertiary/aromatic N) is 2. The second-order valence-corrected chi connectivity index (χ2v) is 5.38. The van der Waals surface area contributed by atoms with E-state index in [9.17, 15) is 0 Å². The minimum absolute atomic E-state index is 0.327. The van der Waals surface area contributed by atoms with Crippen molar-refractivity contribution in [2.45, 2.75) is 52.4 Å². The lowest BCUT2D eigenvalue weighted by atomic mass is 9.77. The Kier molecular flexibility index (Phi) is 6.04. The van der Waals surface area contributed by atoms with E-state index >= 15 is 0 Å². The summed E-state index contributed by atoms with van der Waals surface area (Å²) in [6.07, 6.45) is 11.3. The van der Waals surface area contributed by atoms with Crippen LogP contribution in [0, 0.1) is 5.41 Å². The smallest absolute Gasteiger partial charge is 0.0521 e. The van der Waals surface area contributed by atoms with Gasteiger partial charge in [0.15, 0.2) is 0 Å². The third-order valence-electron chi connectivity index (χ3n) is 3.80. The summed E-state index contributed by atoms with van der Waals surface area (Å²) < 4.78 is 1.87. The van der Waals surface area contributed by atoms with Gasteiger partial charge in [-0.15, -0.1) is 11.6 Å². The Labute approximate surface area is 110 Å². The minimum atomic E-state index is 0.327. The zero-order valence-electron chi connectivity index (χ0n) is 11.4. The second-order valence-electron chi connectivity index (χ2n) is 5.11. The topological polar surface area (TPSA) is 17.8 Å². The van der Waals surface area contributed by atoms with E-state index in [0.29, 0.717) is 5.41 Å². The molecule has 1 rings (SSSR count). The van der Waals surface area contributed by atoms with E-state index in [-0.39, 0.29) is 0 Å². The maximum atomic E-state index is 6.21. The SMILES string of the molecule is CCCCC(CC)(CCl)CCc1cnn(C)c1. The van der Waals surface area contributed by atoms with Gasteiger partial charge in [0.05, 0.1) is 6.20 Å². The number of halogens is 1. The zero-order chi connectivity index (χ0) is 12.7. The number of rotatable bonds is 8. The van der Waals surface area contributed by atoms with E-state index in [1.807, 2.05) is 17.9 Å². The lowest BCUT2D eigenvalue weighted by Crippen LogP contribution is -2.23. The predicted molar refractivity (Wildman–Crippen MR) is 74.5 cm³/mol. The molecule has 17 heavy (non-hydrogen) atoms. The first kappa shape index (κ1) is 14.6. The van der Waals surface area contributed by atoms with Crippen LogP contribution in [-0.2, 0) is 13.5 Å². The lowest BCUT2D eigenvalue weighted by Gasteiger charge is -2.30. The highest BCUT2D eigenvalue weighted by Gasteiger charge is 2.26. The molecule has 0 saturated heterocycles. The maximum Gasteiger partial charge on any atom is 0.0521 e. The van der Waals surface area contributed by atoms with Crippen LogP contribution in [0.25, 0.3) is 0 Å². The zero-order valence-corrected chi connectivity index (χ0v) is 12.1. The van der Waals surface area contributed by atoms with Gasteiger partial charge in [-0.2, -0.15) is 5.10 Å². The number of hydrogen-bond acceptors (Lipinski definition) is 1. The van der Waals surface area contributed by atoms with E-state index in [0.717, 1.165) is 12.3 Å². The number of unbranched alkanes of at least 4 members (excludes halogenated alkanes) is 1. The summed E-state index contributed by atoms with van der Waals surface area (Å²) in [7, 11) is 1.97. The third kappa shape index (κ3) is 4.34. The number of alkyl halides is 1. The van der Waals surface area contributed by atoms with Crippen LogP contribution in [0.15, 0.2) is 12.4 Å². The Balaban J connectivity index is 2.54. The van der Waals surface area contributed by atoms with Crippen molar-refractivity contribution in [2.24, 2.45) is 12.5 Å². The fourth-order valence-electron chi connectivity index (χ4n) is 2.27. The van der Waals surface area contributed by atoms with Crippen molar-refractivity contribution in [1.82, 2.24) is 9.78 Å². The molecule has 0 aromatic carbocycles. The summed E-state index contributed by atoms with van der Waals surface area (Å²) in [6.45, 7) is 4.51. The molecule has 1 aromatic rings. The van der Waals surface area contributed by atoms with Crippen molar-refractivity contribution in [3.8, 4) is 0 Å². The van der Waals surface area contributed by atoms with Gasteiger partial charge >= 0.3 is 0 Å². The number of hydrogen-bond donors (Lipinski definition) is 0. The van der Waals surface area contributed by atoms with Gasteiger partial charge in [0.1, 0.15) is 0 Å². The summed E-state index contributed by atoms with van der Waals surface area (Å²) in [4.78, 5) is 0. The van der Waals surface area contributed by atoms with Crippen molar-refractivity contribution in [3.63, 3.8) is 0 Å². The van der Waals surface area contributed by atoms with Crippen LogP contribution >= 0.6 is 11.6 Å². The molecule has 1 heterocycles. The van der Waals surface area contributed by atoms with E-state index in [1.165, 1.54) is 37.7 Å². The molecule has 0 radical (unpaired) electrons. The average molecular weight is 257 g/mol. The maximum absolute atomic E-state index is 6.21. The molecule has 0 amide bonds. The molecule has 0 saturated carbocycles. The van der Waals surface area contributed by atoms with Crippen LogP contribution < -0.4 is 0 Å². The van der Waals surface area contributed by atoms with Crippen LogP contribution in [0.4, 0.5) is 0 Å². The molecule has 98 valence electrons. The monoisotopic (exact) mass is 256 g/mol. The summed E-state index contributed by atoms with van der Waals surface area (Å²) in [5, 5.41) is 4.21. The first-order valence-electron chi connectivity index (χ1n) is 6.69. The normalized spacial score (nSPS) is 14.8. The van der Waals surface area contributed by atoms with Crippen molar-refractivity contribution in [1.29, 1.82) is 0 Å². The largest absolute Gasteiger partial charge is 0.276 e. The molecule has 0 bridgehead atoms. The van der Waals surface area contributed by atoms with Gasteiger partial charge in [0, 0.05) is 19.1 Å². The number of aryl methyl sites for hydroxylation is 2. The summed E-state index contributed by atoms with van der Waals surface area (Å²) in [6, 6.07) is 0. The quantitative estimate of drug-likeness (QED) is 0.638. The highest BCUT2D eigenvalue weighted by molar-refractivity contribution is 6.18. The summed E-state index contributed by atoms with van der Waals surface area (Å²) >= 11 is 6.21. The summed E-state index contributed by atoms with van der Waals surface area (Å²) in [5.74, 6) is 0.782. The van der Waals surface area contributed by atoms with Crippen molar-refractivity contribution < 1.29 is 0 Å². The van der Waals surface area contributed by atoms with Crippen LogP contribution in [0.3, 0.4) is 0 Å². The molecule has 1 atom stereocenters. The molecule has 2 nitrogen and oxygen atoms in total. The van der Waals surface area contributed by atoms with Gasteiger partial charge in [0.25, 0.3) is 0 Å². The Morgan fingerprint density at radius 3 is 2.59 bits per heavy atom. The van der Waals surface area contributed by atoms with E-state index in [1.54, 1.807) is 0 Å². The average Bonchev–Trinajstić information content (AvgIpc) is 2.76. The standard InChI is InChI=1S/C14H25ClN2/c1-4-6-8-14(5-2,12-15)9-7-13-10-16-17(3)11-13/h10-11H,4-9,12H2,1-3H3. The van der Waals surface area contributed by atoms with Gasteiger partial charge < -0.3 is 0 Å². The van der Waals surface area contributed by atoms with Gasteiger partial charge in [-0.05, 0) is 36.7 Å². The van der Waals surface area contributed by atoms with Crippen LogP contribution in [0.5, 0.6) is 0 Å². The lowest BCUT2D eigenvalue weighted by molar-refractivity contribution is 0.258. The first-order chi connectivity index (χ1) is 8.15. The van der Waals surface area contributed by atoms with Gasteiger partial charge in [-0.1, -0.05) is 26.7 Å². The Bertz CT molecular complexity index is 316. The van der Waals surface area contributed by atoms with Crippen molar-refractivity contribution in [2.75, 3.05) is 5.88 Å². The minimum Gasteiger partial charge on any atom is -0.276 e. The molecular formula is C14H25ClN2. The predicted octanol–water partition coefficient (Wildman–Crippen LogP) is 4.18. The van der Waals surface area contributed by atoms with E-state index < -0.39 is 0 Å². The molecule has 0 aliphatic heterocycles. The fourth-order valence-corrected chi connectivity index (χ4v) is 2.73. The molecule has 1 aromatic heterocycles. The Morgan fingerprint density at radius 1 is 1.35 bits per heavy atom. The first-order valence-corrected chi connectivity index (χ1v) is 7.22. The Morgan fingerprint density at radius 2 is 2.12 bits per heavy atom. The molecule has 0 N–H and O–H groups in total. The molecule has 0 aliphatic rings. The van der Waals surface area contributed by atoms with Crippen LogP contribution in [-0.4, -0.2) is 15.7 Å². The highest BCUT2D eigenvalue weighted by atomic mass is 35.5. The molecular weight excluding hydrogens is 232 g/mol. The molecule has 1 unspecified atom stereocenters. The molecule has 0 aliphatic carbocycles. The number of aromatic nitrogens is 2. The summed E-state index contributed by atoms with van der Waals surface area (Å²) in [5.41, 5.74) is 1.65. The molecule has 0 spiro atoms. The van der Waals surface area contributed by atoms with Crippen LogP contribution in [0.2, 0.25) is 0 Å². The van der Waals surface area contributed by atoms with E-state index in [2.05, 4.69) is 25.1 Å². The Hall–Kier alpha value is -0.500. The second kappa shape index (κ2) is 7.05. The molecule has 0 fully saturated rings. The van der Waals surface area contributed by atoms with Gasteiger partial charge in [0.2, 0.25) is 0 Å². The van der Waals surface area contributed by atoms with Gasteiger partial charge in [-0.25, -0.2) is 0 Å².